The Kier molecular flexibility index (Phi) is 3.98. The second-order valence-corrected chi connectivity index (χ2v) is 5.35. The monoisotopic (exact) mass is 224 g/mol. The fourth-order valence-electron chi connectivity index (χ4n) is 3.18. The van der Waals surface area contributed by atoms with Gasteiger partial charge in [0.15, 0.2) is 0 Å². The minimum atomic E-state index is 0.470. The molecule has 1 saturated carbocycles. The minimum absolute atomic E-state index is 0.470. The zero-order valence-electron chi connectivity index (χ0n) is 10.6. The van der Waals surface area contributed by atoms with Crippen LogP contribution in [0.25, 0.3) is 0 Å². The molecule has 1 aliphatic heterocycles. The third-order valence-electron chi connectivity index (χ3n) is 4.11. The third-order valence-corrected chi connectivity index (χ3v) is 4.11. The minimum Gasteiger partial charge on any atom is -0.305 e. The number of likely N-dealkylation sites (N-methyl/N-ethyl adjacent to an activating group) is 1. The average Bonchev–Trinajstić information content (AvgIpc) is 2.58. The molecule has 0 aromatic heterocycles. The van der Waals surface area contributed by atoms with Gasteiger partial charge in [-0.1, -0.05) is 6.92 Å². The molecule has 3 nitrogen and oxygen atoms in total. The maximum atomic E-state index is 11.4. The number of hydrogen-bond donors (Lipinski definition) is 0. The normalized spacial score (nSPS) is 34.2. The Hall–Kier alpha value is -0.410. The molecule has 0 radical (unpaired) electrons. The van der Waals surface area contributed by atoms with E-state index in [0.29, 0.717) is 17.9 Å². The Labute approximate surface area is 98.8 Å². The van der Waals surface area contributed by atoms with Crippen molar-refractivity contribution in [3.05, 3.63) is 0 Å². The molecular weight excluding hydrogens is 200 g/mol. The molecule has 2 rings (SSSR count). The van der Waals surface area contributed by atoms with Gasteiger partial charge in [0.05, 0.1) is 0 Å². The van der Waals surface area contributed by atoms with Gasteiger partial charge in [-0.15, -0.1) is 0 Å². The summed E-state index contributed by atoms with van der Waals surface area (Å²) >= 11 is 0. The molecule has 0 spiro atoms. The summed E-state index contributed by atoms with van der Waals surface area (Å²) < 4.78 is 0. The van der Waals surface area contributed by atoms with E-state index in [9.17, 15) is 4.79 Å². The summed E-state index contributed by atoms with van der Waals surface area (Å²) in [6.45, 7) is 5.82. The lowest BCUT2D eigenvalue weighted by Gasteiger charge is -2.34. The van der Waals surface area contributed by atoms with Crippen LogP contribution in [0.2, 0.25) is 0 Å². The standard InChI is InChI=1S/C13H24N2O/c1-3-11-10-14(2)7-4-8-15(11)12-5-6-13(16)9-12/h11-12H,3-10H2,1-2H3. The van der Waals surface area contributed by atoms with Crippen molar-refractivity contribution in [3.63, 3.8) is 0 Å². The van der Waals surface area contributed by atoms with E-state index < -0.39 is 0 Å². The van der Waals surface area contributed by atoms with Gasteiger partial charge in [-0.2, -0.15) is 0 Å². The lowest BCUT2D eigenvalue weighted by molar-refractivity contribution is -0.117. The van der Waals surface area contributed by atoms with E-state index in [1.165, 1.54) is 32.5 Å². The van der Waals surface area contributed by atoms with Crippen molar-refractivity contribution in [3.8, 4) is 0 Å². The highest BCUT2D eigenvalue weighted by Gasteiger charge is 2.32. The summed E-state index contributed by atoms with van der Waals surface area (Å²) in [5, 5.41) is 0. The van der Waals surface area contributed by atoms with E-state index in [1.807, 2.05) is 0 Å². The Morgan fingerprint density at radius 1 is 1.38 bits per heavy atom. The number of Topliss-reactive ketones (excluding diaryl/α,β-unsaturated/α-hetero) is 1. The summed E-state index contributed by atoms with van der Waals surface area (Å²) in [7, 11) is 2.21. The van der Waals surface area contributed by atoms with E-state index in [-0.39, 0.29) is 0 Å². The zero-order chi connectivity index (χ0) is 11.5. The molecule has 0 aromatic rings. The summed E-state index contributed by atoms with van der Waals surface area (Å²) in [6, 6.07) is 1.20. The average molecular weight is 224 g/mol. The second kappa shape index (κ2) is 5.28. The predicted octanol–water partition coefficient (Wildman–Crippen LogP) is 1.52. The number of hydrogen-bond acceptors (Lipinski definition) is 3. The Bertz CT molecular complexity index is 254. The maximum absolute atomic E-state index is 11.4. The topological polar surface area (TPSA) is 23.6 Å². The molecule has 1 aliphatic carbocycles. The number of ketones is 1. The smallest absolute Gasteiger partial charge is 0.134 e. The molecule has 0 amide bonds. The summed E-state index contributed by atoms with van der Waals surface area (Å²) in [6.07, 6.45) is 5.17. The first-order valence-electron chi connectivity index (χ1n) is 6.66. The first-order chi connectivity index (χ1) is 7.70. The van der Waals surface area contributed by atoms with E-state index in [2.05, 4.69) is 23.8 Å². The SMILES string of the molecule is CCC1CN(C)CCCN1C1CCC(=O)C1. The molecule has 16 heavy (non-hydrogen) atoms. The molecule has 2 unspecified atom stereocenters. The van der Waals surface area contributed by atoms with Crippen LogP contribution in [0.1, 0.15) is 39.0 Å². The summed E-state index contributed by atoms with van der Waals surface area (Å²) in [4.78, 5) is 16.5. The number of carbonyl (C=O) groups is 1. The molecule has 2 atom stereocenters. The van der Waals surface area contributed by atoms with Crippen molar-refractivity contribution in [1.29, 1.82) is 0 Å². The Morgan fingerprint density at radius 3 is 2.81 bits per heavy atom. The van der Waals surface area contributed by atoms with Gasteiger partial charge >= 0.3 is 0 Å². The van der Waals surface area contributed by atoms with Gasteiger partial charge in [0, 0.05) is 38.0 Å². The van der Waals surface area contributed by atoms with Gasteiger partial charge in [-0.25, -0.2) is 0 Å². The highest BCUT2D eigenvalue weighted by Crippen LogP contribution is 2.25. The highest BCUT2D eigenvalue weighted by molar-refractivity contribution is 5.81. The van der Waals surface area contributed by atoms with Gasteiger partial charge in [0.25, 0.3) is 0 Å². The zero-order valence-corrected chi connectivity index (χ0v) is 10.6. The number of rotatable bonds is 2. The largest absolute Gasteiger partial charge is 0.305 e. The highest BCUT2D eigenvalue weighted by atomic mass is 16.1. The lowest BCUT2D eigenvalue weighted by Crippen LogP contribution is -2.45. The quantitative estimate of drug-likeness (QED) is 0.710. The van der Waals surface area contributed by atoms with Crippen LogP contribution in [0.15, 0.2) is 0 Å². The van der Waals surface area contributed by atoms with Gasteiger partial charge in [-0.05, 0) is 32.9 Å². The van der Waals surface area contributed by atoms with Crippen LogP contribution in [-0.4, -0.2) is 54.3 Å². The first kappa shape index (κ1) is 12.1. The third kappa shape index (κ3) is 2.64. The molecule has 2 fully saturated rings. The van der Waals surface area contributed by atoms with Crippen molar-refractivity contribution in [1.82, 2.24) is 9.80 Å². The Balaban J connectivity index is 2.02. The lowest BCUT2D eigenvalue weighted by atomic mass is 10.1. The van der Waals surface area contributed by atoms with Crippen LogP contribution in [0, 0.1) is 0 Å². The summed E-state index contributed by atoms with van der Waals surface area (Å²) in [5.41, 5.74) is 0. The fraction of sp³-hybridized carbons (Fsp3) is 0.923. The van der Waals surface area contributed by atoms with Crippen LogP contribution in [-0.2, 0) is 4.79 Å². The fourth-order valence-corrected chi connectivity index (χ4v) is 3.18. The predicted molar refractivity (Wildman–Crippen MR) is 65.5 cm³/mol. The Morgan fingerprint density at radius 2 is 2.19 bits per heavy atom. The van der Waals surface area contributed by atoms with Crippen molar-refractivity contribution in [2.75, 3.05) is 26.7 Å². The maximum Gasteiger partial charge on any atom is 0.134 e. The van der Waals surface area contributed by atoms with Crippen LogP contribution in [0.4, 0.5) is 0 Å². The van der Waals surface area contributed by atoms with Crippen molar-refractivity contribution >= 4 is 5.78 Å². The molecule has 1 saturated heterocycles. The molecule has 92 valence electrons. The van der Waals surface area contributed by atoms with E-state index >= 15 is 0 Å². The molecule has 0 aromatic carbocycles. The van der Waals surface area contributed by atoms with Gasteiger partial charge < -0.3 is 4.90 Å². The van der Waals surface area contributed by atoms with Crippen molar-refractivity contribution in [2.24, 2.45) is 0 Å². The second-order valence-electron chi connectivity index (χ2n) is 5.35. The van der Waals surface area contributed by atoms with Gasteiger partial charge in [-0.3, -0.25) is 9.69 Å². The van der Waals surface area contributed by atoms with Gasteiger partial charge in [0.2, 0.25) is 0 Å². The number of nitrogens with zero attached hydrogens (tertiary/aromatic N) is 2. The molecular formula is C13H24N2O. The van der Waals surface area contributed by atoms with E-state index in [0.717, 1.165) is 19.3 Å². The molecule has 2 aliphatic rings. The molecule has 0 N–H and O–H groups in total. The van der Waals surface area contributed by atoms with E-state index in [4.69, 9.17) is 0 Å². The van der Waals surface area contributed by atoms with Crippen molar-refractivity contribution < 1.29 is 4.79 Å². The van der Waals surface area contributed by atoms with E-state index in [1.54, 1.807) is 0 Å². The molecule has 1 heterocycles. The van der Waals surface area contributed by atoms with Crippen LogP contribution < -0.4 is 0 Å². The van der Waals surface area contributed by atoms with Crippen LogP contribution in [0.3, 0.4) is 0 Å². The van der Waals surface area contributed by atoms with Crippen LogP contribution in [0.5, 0.6) is 0 Å². The molecule has 0 bridgehead atoms. The molecule has 3 heteroatoms. The summed E-state index contributed by atoms with van der Waals surface area (Å²) in [5.74, 6) is 0.470. The first-order valence-corrected chi connectivity index (χ1v) is 6.66. The van der Waals surface area contributed by atoms with Crippen LogP contribution >= 0.6 is 0 Å². The van der Waals surface area contributed by atoms with Crippen molar-refractivity contribution in [2.45, 2.75) is 51.1 Å². The number of carbonyl (C=O) groups excluding carboxylic acids is 1. The van der Waals surface area contributed by atoms with Gasteiger partial charge in [0.1, 0.15) is 5.78 Å².